The molecule has 0 rings (SSSR count). The SMILES string of the molecule is CCCCCCCCCCCCCC(=O)O[C@H](COC(=O)CCCCCCCCCCCCC(=O)NCCC)COP(=O)([O-])OCC[N+](C)(C)C. The number of amides is 1. The smallest absolute Gasteiger partial charge is 0.306 e. The van der Waals surface area contributed by atoms with Crippen LogP contribution in [-0.4, -0.2) is 82.5 Å². The van der Waals surface area contributed by atoms with E-state index in [1.165, 1.54) is 57.8 Å². The number of nitrogens with one attached hydrogen (secondary N) is 1. The minimum atomic E-state index is -4.63. The molecule has 1 N–H and O–H groups in total. The zero-order chi connectivity index (χ0) is 38.1. The molecule has 51 heavy (non-hydrogen) atoms. The van der Waals surface area contributed by atoms with Crippen molar-refractivity contribution in [1.82, 2.24) is 5.32 Å². The molecule has 0 aliphatic rings. The number of rotatable bonds is 37. The molecule has 0 aliphatic carbocycles. The summed E-state index contributed by atoms with van der Waals surface area (Å²) >= 11 is 0. The Kier molecular flexibility index (Phi) is 32.1. The molecule has 302 valence electrons. The van der Waals surface area contributed by atoms with Crippen LogP contribution in [0.3, 0.4) is 0 Å². The molecule has 0 aliphatic heterocycles. The third kappa shape index (κ3) is 36.6. The fraction of sp³-hybridized carbons (Fsp3) is 0.923. The number of carbonyl (C=O) groups excluding carboxylic acids is 3. The van der Waals surface area contributed by atoms with E-state index in [0.29, 0.717) is 30.3 Å². The number of hydrogen-bond acceptors (Lipinski definition) is 9. The molecule has 0 saturated heterocycles. The van der Waals surface area contributed by atoms with Crippen LogP contribution >= 0.6 is 7.82 Å². The van der Waals surface area contributed by atoms with Gasteiger partial charge in [-0.2, -0.15) is 0 Å². The lowest BCUT2D eigenvalue weighted by atomic mass is 10.1. The van der Waals surface area contributed by atoms with E-state index in [0.717, 1.165) is 77.2 Å². The minimum absolute atomic E-state index is 0.0386. The Morgan fingerprint density at radius 3 is 1.53 bits per heavy atom. The first-order valence-corrected chi connectivity index (χ1v) is 21.9. The zero-order valence-electron chi connectivity index (χ0n) is 33.4. The zero-order valence-corrected chi connectivity index (χ0v) is 34.3. The molecule has 0 saturated carbocycles. The van der Waals surface area contributed by atoms with Crippen LogP contribution < -0.4 is 10.2 Å². The Balaban J connectivity index is 4.35. The van der Waals surface area contributed by atoms with Crippen molar-refractivity contribution in [2.24, 2.45) is 0 Å². The molecule has 0 fully saturated rings. The normalized spacial score (nSPS) is 13.5. The van der Waals surface area contributed by atoms with Crippen LogP contribution in [0.15, 0.2) is 0 Å². The molecular weight excluding hydrogens is 671 g/mol. The van der Waals surface area contributed by atoms with Crippen molar-refractivity contribution < 1.29 is 46.8 Å². The van der Waals surface area contributed by atoms with Gasteiger partial charge in [-0.25, -0.2) is 0 Å². The second kappa shape index (κ2) is 33.1. The van der Waals surface area contributed by atoms with Gasteiger partial charge in [0, 0.05) is 25.8 Å². The Labute approximate surface area is 311 Å². The van der Waals surface area contributed by atoms with E-state index < -0.39 is 32.5 Å². The number of nitrogens with zero attached hydrogens (tertiary/aromatic N) is 1. The maximum Gasteiger partial charge on any atom is 0.306 e. The standard InChI is InChI=1S/C39H77N2O9P/c1-6-8-9-10-11-12-13-18-21-24-27-30-39(44)50-36(35-49-51(45,46)48-33-32-41(3,4)5)34-47-38(43)29-26-23-20-17-15-14-16-19-22-25-28-37(42)40-31-7-2/h36H,6-35H2,1-5H3,(H-,40,42,45,46)/t36-/m1/s1. The van der Waals surface area contributed by atoms with E-state index in [1.54, 1.807) is 0 Å². The van der Waals surface area contributed by atoms with Gasteiger partial charge in [-0.05, 0) is 25.7 Å². The van der Waals surface area contributed by atoms with Crippen LogP contribution in [0.1, 0.15) is 174 Å². The van der Waals surface area contributed by atoms with E-state index in [2.05, 4.69) is 19.2 Å². The van der Waals surface area contributed by atoms with Crippen LogP contribution in [-0.2, 0) is 37.5 Å². The number of unbranched alkanes of at least 4 members (excludes halogenated alkanes) is 19. The number of likely N-dealkylation sites (N-methyl/N-ethyl adjacent to an activating group) is 1. The largest absolute Gasteiger partial charge is 0.756 e. The van der Waals surface area contributed by atoms with Crippen molar-refractivity contribution in [3.8, 4) is 0 Å². The first-order valence-electron chi connectivity index (χ1n) is 20.4. The lowest BCUT2D eigenvalue weighted by molar-refractivity contribution is -0.870. The van der Waals surface area contributed by atoms with E-state index in [4.69, 9.17) is 18.5 Å². The number of ether oxygens (including phenoxy) is 2. The molecule has 0 aromatic heterocycles. The molecule has 0 spiro atoms. The average molecular weight is 749 g/mol. The predicted molar refractivity (Wildman–Crippen MR) is 203 cm³/mol. The van der Waals surface area contributed by atoms with Crippen molar-refractivity contribution >= 4 is 25.7 Å². The second-order valence-electron chi connectivity index (χ2n) is 15.1. The summed E-state index contributed by atoms with van der Waals surface area (Å²) in [6.07, 6.45) is 24.4. The van der Waals surface area contributed by atoms with Crippen LogP contribution in [0.4, 0.5) is 0 Å². The fourth-order valence-electron chi connectivity index (χ4n) is 5.51. The van der Waals surface area contributed by atoms with Crippen molar-refractivity contribution in [3.63, 3.8) is 0 Å². The number of hydrogen-bond donors (Lipinski definition) is 1. The molecule has 1 amide bonds. The highest BCUT2D eigenvalue weighted by atomic mass is 31.2. The highest BCUT2D eigenvalue weighted by molar-refractivity contribution is 7.45. The van der Waals surface area contributed by atoms with Crippen LogP contribution in [0.5, 0.6) is 0 Å². The van der Waals surface area contributed by atoms with E-state index >= 15 is 0 Å². The molecule has 0 aromatic rings. The Bertz CT molecular complexity index is 914. The molecule has 0 bridgehead atoms. The molecule has 0 heterocycles. The summed E-state index contributed by atoms with van der Waals surface area (Å²) in [5.41, 5.74) is 0. The highest BCUT2D eigenvalue weighted by Crippen LogP contribution is 2.38. The van der Waals surface area contributed by atoms with Crippen molar-refractivity contribution in [2.45, 2.75) is 180 Å². The lowest BCUT2D eigenvalue weighted by Gasteiger charge is -2.28. The number of quaternary nitrogens is 1. The molecule has 0 aromatic carbocycles. The Hall–Kier alpha value is -1.52. The molecule has 11 nitrogen and oxygen atoms in total. The summed E-state index contributed by atoms with van der Waals surface area (Å²) in [5.74, 6) is -0.711. The maximum atomic E-state index is 12.6. The average Bonchev–Trinajstić information content (AvgIpc) is 3.07. The van der Waals surface area contributed by atoms with Gasteiger partial charge in [0.1, 0.15) is 19.8 Å². The van der Waals surface area contributed by atoms with Gasteiger partial charge in [0.25, 0.3) is 7.82 Å². The monoisotopic (exact) mass is 749 g/mol. The predicted octanol–water partition coefficient (Wildman–Crippen LogP) is 8.56. The third-order valence-electron chi connectivity index (χ3n) is 8.75. The molecule has 12 heteroatoms. The molecular formula is C39H77N2O9P. The van der Waals surface area contributed by atoms with Gasteiger partial charge in [-0.1, -0.05) is 129 Å². The van der Waals surface area contributed by atoms with Gasteiger partial charge in [-0.3, -0.25) is 18.9 Å². The van der Waals surface area contributed by atoms with Gasteiger partial charge >= 0.3 is 11.9 Å². The summed E-state index contributed by atoms with van der Waals surface area (Å²) < 4.78 is 33.7. The summed E-state index contributed by atoms with van der Waals surface area (Å²) in [6.45, 7) is 4.72. The number of phosphoric acid groups is 1. The van der Waals surface area contributed by atoms with Gasteiger partial charge in [0.05, 0.1) is 27.7 Å². The van der Waals surface area contributed by atoms with Gasteiger partial charge in [0.15, 0.2) is 6.10 Å². The fourth-order valence-corrected chi connectivity index (χ4v) is 6.24. The third-order valence-corrected chi connectivity index (χ3v) is 9.71. The highest BCUT2D eigenvalue weighted by Gasteiger charge is 2.21. The lowest BCUT2D eigenvalue weighted by Crippen LogP contribution is -2.37. The summed E-state index contributed by atoms with van der Waals surface area (Å²) in [7, 11) is 1.13. The van der Waals surface area contributed by atoms with E-state index in [-0.39, 0.29) is 32.0 Å². The summed E-state index contributed by atoms with van der Waals surface area (Å²) in [5, 5.41) is 2.91. The van der Waals surface area contributed by atoms with Crippen LogP contribution in [0.2, 0.25) is 0 Å². The summed E-state index contributed by atoms with van der Waals surface area (Å²) in [6, 6.07) is 0. The Morgan fingerprint density at radius 1 is 0.608 bits per heavy atom. The summed E-state index contributed by atoms with van der Waals surface area (Å²) in [4.78, 5) is 49.0. The van der Waals surface area contributed by atoms with E-state index in [1.807, 2.05) is 21.1 Å². The number of phosphoric ester groups is 1. The quantitative estimate of drug-likeness (QED) is 0.0286. The van der Waals surface area contributed by atoms with Gasteiger partial charge in [0.2, 0.25) is 5.91 Å². The molecule has 1 unspecified atom stereocenters. The molecule has 0 radical (unpaired) electrons. The topological polar surface area (TPSA) is 140 Å². The van der Waals surface area contributed by atoms with Gasteiger partial charge in [-0.15, -0.1) is 0 Å². The van der Waals surface area contributed by atoms with Crippen molar-refractivity contribution in [3.05, 3.63) is 0 Å². The van der Waals surface area contributed by atoms with Crippen molar-refractivity contribution in [2.75, 3.05) is 54.1 Å². The van der Waals surface area contributed by atoms with Crippen molar-refractivity contribution in [1.29, 1.82) is 0 Å². The molecule has 2 atom stereocenters. The number of esters is 2. The first kappa shape index (κ1) is 49.5. The number of carbonyl (C=O) groups is 3. The maximum absolute atomic E-state index is 12.6. The van der Waals surface area contributed by atoms with Gasteiger partial charge < -0.3 is 33.2 Å². The minimum Gasteiger partial charge on any atom is -0.756 e. The second-order valence-corrected chi connectivity index (χ2v) is 16.5. The van der Waals surface area contributed by atoms with Crippen LogP contribution in [0, 0.1) is 0 Å². The van der Waals surface area contributed by atoms with Crippen LogP contribution in [0.25, 0.3) is 0 Å². The Morgan fingerprint density at radius 2 is 1.06 bits per heavy atom. The first-order chi connectivity index (χ1) is 24.4. The van der Waals surface area contributed by atoms with E-state index in [9.17, 15) is 23.8 Å².